The Morgan fingerprint density at radius 3 is 2.21 bits per heavy atom. The first kappa shape index (κ1) is 38.5. The third kappa shape index (κ3) is 10.9. The Labute approximate surface area is 310 Å². The smallest absolute Gasteiger partial charge is 0.422 e. The van der Waals surface area contributed by atoms with E-state index in [1.165, 1.54) is 36.4 Å². The highest BCUT2D eigenvalue weighted by Gasteiger charge is 2.45. The number of carbonyl (C=O) groups excluding carboxylic acids is 4. The van der Waals surface area contributed by atoms with Gasteiger partial charge < -0.3 is 36.1 Å². The zero-order valence-electron chi connectivity index (χ0n) is 27.7. The maximum atomic E-state index is 13.0. The summed E-state index contributed by atoms with van der Waals surface area (Å²) in [7, 11) is 1.13. The molecule has 1 fully saturated rings. The van der Waals surface area contributed by atoms with Crippen molar-refractivity contribution in [2.75, 3.05) is 36.2 Å². The van der Waals surface area contributed by atoms with Gasteiger partial charge in [0.05, 0.1) is 23.4 Å². The topological polar surface area (TPSA) is 186 Å². The van der Waals surface area contributed by atoms with Gasteiger partial charge in [-0.15, -0.1) is 0 Å². The number of ether oxygens (including phenoxy) is 2. The summed E-state index contributed by atoms with van der Waals surface area (Å²) in [6.45, 7) is -1.80. The fourth-order valence-corrected chi connectivity index (χ4v) is 5.20. The van der Waals surface area contributed by atoms with Gasteiger partial charge in [-0.05, 0) is 73.4 Å². The summed E-state index contributed by atoms with van der Waals surface area (Å²) in [5.41, 5.74) is 1.04. The van der Waals surface area contributed by atoms with Crippen LogP contribution in [0.4, 0.5) is 36.4 Å². The minimum Gasteiger partial charge on any atom is -0.467 e. The highest BCUT2D eigenvalue weighted by molar-refractivity contribution is 6.41. The van der Waals surface area contributed by atoms with Crippen LogP contribution in [-0.2, 0) is 24.7 Å². The zero-order chi connectivity index (χ0) is 38.2. The van der Waals surface area contributed by atoms with E-state index in [1.54, 1.807) is 24.3 Å². The van der Waals surface area contributed by atoms with E-state index in [0.717, 1.165) is 12.7 Å². The SMILES string of the molecule is COC(=O)[C@@H](CCNC(=O)C(=O)Nc1ccccc1Cl)NC(=O)c1ccc(Nc2nc(NC3(c4ccc(Cl)cc4)CC3)nc(OCC(F)(F)F)n2)cc1. The van der Waals surface area contributed by atoms with Crippen molar-refractivity contribution in [1.82, 2.24) is 25.6 Å². The number of halogens is 5. The molecule has 4 aromatic rings. The molecule has 3 amide bonds. The number of hydrogen-bond donors (Lipinski definition) is 5. The number of esters is 1. The largest absolute Gasteiger partial charge is 0.467 e. The maximum absolute atomic E-state index is 13.0. The van der Waals surface area contributed by atoms with E-state index in [4.69, 9.17) is 32.7 Å². The van der Waals surface area contributed by atoms with E-state index in [1.807, 2.05) is 12.1 Å². The first-order valence-corrected chi connectivity index (χ1v) is 16.6. The predicted molar refractivity (Wildman–Crippen MR) is 188 cm³/mol. The molecule has 19 heteroatoms. The summed E-state index contributed by atoms with van der Waals surface area (Å²) < 4.78 is 48.4. The second-order valence-corrected chi connectivity index (χ2v) is 12.5. The molecule has 0 bridgehead atoms. The minimum absolute atomic E-state index is 0.0330. The van der Waals surface area contributed by atoms with Crippen molar-refractivity contribution >= 4 is 70.2 Å². The van der Waals surface area contributed by atoms with Gasteiger partial charge in [0.2, 0.25) is 11.9 Å². The third-order valence-electron chi connectivity index (χ3n) is 7.72. The molecular formula is C34H31Cl2F3N8O6. The molecule has 1 aromatic heterocycles. The van der Waals surface area contributed by atoms with Crippen molar-refractivity contribution in [3.8, 4) is 6.01 Å². The van der Waals surface area contributed by atoms with Gasteiger partial charge in [0.15, 0.2) is 6.61 Å². The Kier molecular flexibility index (Phi) is 12.2. The molecule has 0 saturated heterocycles. The summed E-state index contributed by atoms with van der Waals surface area (Å²) in [5, 5.41) is 14.1. The van der Waals surface area contributed by atoms with Crippen molar-refractivity contribution in [3.05, 3.63) is 94.0 Å². The average Bonchev–Trinajstić information content (AvgIpc) is 3.91. The van der Waals surface area contributed by atoms with Crippen LogP contribution in [0.5, 0.6) is 6.01 Å². The lowest BCUT2D eigenvalue weighted by Crippen LogP contribution is -2.44. The number of anilines is 4. The molecule has 0 spiro atoms. The Bertz CT molecular complexity index is 1970. The molecule has 1 aliphatic carbocycles. The van der Waals surface area contributed by atoms with Gasteiger partial charge in [0, 0.05) is 22.8 Å². The quantitative estimate of drug-likeness (QED) is 0.0819. The van der Waals surface area contributed by atoms with Gasteiger partial charge in [-0.25, -0.2) is 4.79 Å². The summed E-state index contributed by atoms with van der Waals surface area (Å²) in [4.78, 5) is 62.3. The van der Waals surface area contributed by atoms with E-state index < -0.39 is 54.1 Å². The van der Waals surface area contributed by atoms with Crippen LogP contribution in [0.25, 0.3) is 0 Å². The fraction of sp³-hybridized carbons (Fsp3) is 0.265. The summed E-state index contributed by atoms with van der Waals surface area (Å²) >= 11 is 12.0. The van der Waals surface area contributed by atoms with Crippen molar-refractivity contribution < 1.29 is 41.8 Å². The third-order valence-corrected chi connectivity index (χ3v) is 8.30. The molecule has 1 aliphatic rings. The lowest BCUT2D eigenvalue weighted by atomic mass is 10.1. The molecule has 1 atom stereocenters. The Hall–Kier alpha value is -5.68. The van der Waals surface area contributed by atoms with Crippen molar-refractivity contribution in [3.63, 3.8) is 0 Å². The molecular weight excluding hydrogens is 744 g/mol. The number of hydrogen-bond acceptors (Lipinski definition) is 11. The van der Waals surface area contributed by atoms with Crippen LogP contribution >= 0.6 is 23.2 Å². The molecule has 1 heterocycles. The lowest BCUT2D eigenvalue weighted by Gasteiger charge is -2.19. The molecule has 53 heavy (non-hydrogen) atoms. The minimum atomic E-state index is -4.64. The summed E-state index contributed by atoms with van der Waals surface area (Å²) in [6.07, 6.45) is -3.34. The van der Waals surface area contributed by atoms with E-state index in [2.05, 4.69) is 41.5 Å². The van der Waals surface area contributed by atoms with E-state index in [0.29, 0.717) is 23.6 Å². The number of benzene rings is 3. The number of nitrogens with zero attached hydrogens (tertiary/aromatic N) is 3. The number of para-hydroxylation sites is 1. The van der Waals surface area contributed by atoms with Gasteiger partial charge >= 0.3 is 30.0 Å². The second-order valence-electron chi connectivity index (χ2n) is 11.6. The standard InChI is InChI=1S/C34H31Cl2F3N8O6/c1-52-29(51)25(14-17-40-27(49)28(50)42-24-5-3-2-4-23(24)36)43-26(48)19-6-12-22(13-7-19)41-30-44-31(46-32(45-30)53-18-34(37,38)39)47-33(15-16-33)20-8-10-21(35)11-9-20/h2-13,25H,14-18H2,1H3,(H,40,49)(H,42,50)(H,43,48)(H2,41,44,45,46,47)/t25-/m1/s1. The Morgan fingerprint density at radius 2 is 1.57 bits per heavy atom. The maximum Gasteiger partial charge on any atom is 0.422 e. The molecule has 0 aliphatic heterocycles. The van der Waals surface area contributed by atoms with Crippen LogP contribution in [0.3, 0.4) is 0 Å². The van der Waals surface area contributed by atoms with Crippen LogP contribution in [-0.4, -0.2) is 71.1 Å². The van der Waals surface area contributed by atoms with Gasteiger partial charge in [-0.3, -0.25) is 14.4 Å². The number of carbonyl (C=O) groups is 4. The van der Waals surface area contributed by atoms with Crippen LogP contribution in [0.2, 0.25) is 10.0 Å². The number of nitrogens with one attached hydrogen (secondary N) is 5. The Morgan fingerprint density at radius 1 is 0.887 bits per heavy atom. The predicted octanol–water partition coefficient (Wildman–Crippen LogP) is 5.38. The number of alkyl halides is 3. The monoisotopic (exact) mass is 774 g/mol. The van der Waals surface area contributed by atoms with E-state index >= 15 is 0 Å². The molecule has 5 N–H and O–H groups in total. The summed E-state index contributed by atoms with van der Waals surface area (Å²) in [5.74, 6) is -3.60. The molecule has 3 aromatic carbocycles. The normalized spacial score (nSPS) is 13.5. The molecule has 5 rings (SSSR count). The molecule has 1 saturated carbocycles. The van der Waals surface area contributed by atoms with Crippen LogP contribution in [0.15, 0.2) is 72.8 Å². The molecule has 0 unspecified atom stereocenters. The second kappa shape index (κ2) is 16.8. The average molecular weight is 776 g/mol. The Balaban J connectivity index is 1.21. The number of methoxy groups -OCH3 is 1. The van der Waals surface area contributed by atoms with Gasteiger partial charge in [0.1, 0.15) is 6.04 Å². The van der Waals surface area contributed by atoms with Crippen molar-refractivity contribution in [1.29, 1.82) is 0 Å². The molecule has 0 radical (unpaired) electrons. The van der Waals surface area contributed by atoms with E-state index in [-0.39, 0.29) is 41.1 Å². The summed E-state index contributed by atoms with van der Waals surface area (Å²) in [6, 6.07) is 17.5. The zero-order valence-corrected chi connectivity index (χ0v) is 29.2. The first-order chi connectivity index (χ1) is 25.2. The lowest BCUT2D eigenvalue weighted by molar-refractivity contribution is -0.154. The fourth-order valence-electron chi connectivity index (χ4n) is 4.89. The van der Waals surface area contributed by atoms with Crippen molar-refractivity contribution in [2.24, 2.45) is 0 Å². The van der Waals surface area contributed by atoms with Crippen molar-refractivity contribution in [2.45, 2.75) is 37.0 Å². The molecule has 278 valence electrons. The number of aromatic nitrogens is 3. The van der Waals surface area contributed by atoms with Gasteiger partial charge in [-0.1, -0.05) is 47.5 Å². The molecule has 14 nitrogen and oxygen atoms in total. The van der Waals surface area contributed by atoms with E-state index in [9.17, 15) is 32.3 Å². The van der Waals surface area contributed by atoms with Crippen LogP contribution in [0.1, 0.15) is 35.2 Å². The number of rotatable bonds is 14. The van der Waals surface area contributed by atoms with Crippen LogP contribution < -0.4 is 31.3 Å². The van der Waals surface area contributed by atoms with Crippen LogP contribution in [0, 0.1) is 0 Å². The highest BCUT2D eigenvalue weighted by Crippen LogP contribution is 2.48. The van der Waals surface area contributed by atoms with Gasteiger partial charge in [-0.2, -0.15) is 28.1 Å². The highest BCUT2D eigenvalue weighted by atomic mass is 35.5. The number of amides is 3. The van der Waals surface area contributed by atoms with Gasteiger partial charge in [0.25, 0.3) is 5.91 Å². The first-order valence-electron chi connectivity index (χ1n) is 15.8.